The van der Waals surface area contributed by atoms with Gasteiger partial charge in [-0.25, -0.2) is 0 Å². The minimum Gasteiger partial charge on any atom is -0.310 e. The van der Waals surface area contributed by atoms with Crippen LogP contribution >= 0.6 is 0 Å². The highest BCUT2D eigenvalue weighted by atomic mass is 15.2. The van der Waals surface area contributed by atoms with Crippen molar-refractivity contribution in [2.75, 3.05) is 9.80 Å². The van der Waals surface area contributed by atoms with Gasteiger partial charge in [0.25, 0.3) is 0 Å². The van der Waals surface area contributed by atoms with Crippen LogP contribution in [0.3, 0.4) is 0 Å². The Morgan fingerprint density at radius 1 is 0.344 bits per heavy atom. The van der Waals surface area contributed by atoms with E-state index in [9.17, 15) is 0 Å². The highest BCUT2D eigenvalue weighted by Crippen LogP contribution is 2.55. The van der Waals surface area contributed by atoms with Crippen molar-refractivity contribution < 1.29 is 0 Å². The van der Waals surface area contributed by atoms with Crippen molar-refractivity contribution in [2.45, 2.75) is 19.3 Å². The summed E-state index contributed by atoms with van der Waals surface area (Å²) in [7, 11) is 0. The Hall–Kier alpha value is -7.68. The van der Waals surface area contributed by atoms with Gasteiger partial charge < -0.3 is 9.80 Å². The molecular weight excluding hydrogens is 737 g/mol. The smallest absolute Gasteiger partial charge is 0.0618 e. The quantitative estimate of drug-likeness (QED) is 0.159. The molecule has 0 N–H and O–H groups in total. The van der Waals surface area contributed by atoms with Gasteiger partial charge >= 0.3 is 0 Å². The van der Waals surface area contributed by atoms with Crippen molar-refractivity contribution in [3.63, 3.8) is 0 Å². The topological polar surface area (TPSA) is 6.48 Å². The zero-order valence-corrected chi connectivity index (χ0v) is 34.3. The minimum absolute atomic E-state index is 0.206. The molecule has 11 rings (SSSR count). The van der Waals surface area contributed by atoms with Crippen molar-refractivity contribution in [1.82, 2.24) is 0 Å². The summed E-state index contributed by atoms with van der Waals surface area (Å²) >= 11 is 0. The second-order valence-electron chi connectivity index (χ2n) is 16.6. The van der Waals surface area contributed by atoms with E-state index in [1.807, 2.05) is 0 Å². The lowest BCUT2D eigenvalue weighted by atomic mass is 9.73. The summed E-state index contributed by atoms with van der Waals surface area (Å²) in [5.41, 5.74) is 16.5. The third kappa shape index (κ3) is 6.36. The highest BCUT2D eigenvalue weighted by molar-refractivity contribution is 6.08. The predicted octanol–water partition coefficient (Wildman–Crippen LogP) is 16.6. The predicted molar refractivity (Wildman–Crippen MR) is 259 cm³/mol. The van der Waals surface area contributed by atoms with Gasteiger partial charge in [0.05, 0.1) is 17.1 Å². The molecule has 10 aromatic carbocycles. The maximum atomic E-state index is 2.55. The number of anilines is 6. The molecule has 0 spiro atoms. The van der Waals surface area contributed by atoms with Gasteiger partial charge in [-0.2, -0.15) is 0 Å². The maximum Gasteiger partial charge on any atom is 0.0618 e. The van der Waals surface area contributed by atoms with Crippen LogP contribution in [-0.4, -0.2) is 0 Å². The third-order valence-corrected chi connectivity index (χ3v) is 12.6. The van der Waals surface area contributed by atoms with E-state index in [0.717, 1.165) is 17.1 Å². The minimum atomic E-state index is -0.206. The molecule has 2 nitrogen and oxygen atoms in total. The third-order valence-electron chi connectivity index (χ3n) is 12.6. The van der Waals surface area contributed by atoms with Gasteiger partial charge in [-0.3, -0.25) is 0 Å². The van der Waals surface area contributed by atoms with Crippen molar-refractivity contribution in [2.24, 2.45) is 0 Å². The Morgan fingerprint density at radius 2 is 0.885 bits per heavy atom. The molecule has 1 aliphatic heterocycles. The summed E-state index contributed by atoms with van der Waals surface area (Å²) in [4.78, 5) is 4.87. The summed E-state index contributed by atoms with van der Waals surface area (Å²) in [5, 5.41) is 4.93. The first-order chi connectivity index (χ1) is 30.0. The van der Waals surface area contributed by atoms with Crippen molar-refractivity contribution >= 4 is 55.7 Å². The number of hydrogen-bond donors (Lipinski definition) is 0. The van der Waals surface area contributed by atoms with Crippen molar-refractivity contribution in [1.29, 1.82) is 0 Å². The van der Waals surface area contributed by atoms with E-state index in [1.165, 1.54) is 83.1 Å². The number of hydrogen-bond acceptors (Lipinski definition) is 2. The highest BCUT2D eigenvalue weighted by Gasteiger charge is 2.38. The average molecular weight is 781 g/mol. The Kier molecular flexibility index (Phi) is 8.86. The summed E-state index contributed by atoms with van der Waals surface area (Å²) in [5.74, 6) is 0. The molecule has 2 heteroatoms. The molecule has 0 aromatic heterocycles. The van der Waals surface area contributed by atoms with Crippen molar-refractivity contribution in [3.8, 4) is 33.4 Å². The second kappa shape index (κ2) is 14.9. The first-order valence-corrected chi connectivity index (χ1v) is 21.2. The normalized spacial score (nSPS) is 12.9. The summed E-state index contributed by atoms with van der Waals surface area (Å²) < 4.78 is 0. The number of rotatable bonds is 7. The van der Waals surface area contributed by atoms with Crippen LogP contribution in [0.5, 0.6) is 0 Å². The van der Waals surface area contributed by atoms with Crippen LogP contribution in [0.4, 0.5) is 34.1 Å². The van der Waals surface area contributed by atoms with E-state index in [4.69, 9.17) is 0 Å². The molecule has 0 radical (unpaired) electrons. The molecule has 0 saturated carbocycles. The van der Waals surface area contributed by atoms with Gasteiger partial charge in [0.2, 0.25) is 0 Å². The lowest BCUT2D eigenvalue weighted by molar-refractivity contribution is 0.632. The Labute approximate surface area is 358 Å². The van der Waals surface area contributed by atoms with Gasteiger partial charge in [-0.05, 0) is 110 Å². The molecule has 10 aromatic rings. The molecule has 1 heterocycles. The van der Waals surface area contributed by atoms with E-state index < -0.39 is 0 Å². The zero-order valence-electron chi connectivity index (χ0n) is 34.3. The van der Waals surface area contributed by atoms with Gasteiger partial charge in [0.15, 0.2) is 0 Å². The molecule has 0 unspecified atom stereocenters. The summed E-state index contributed by atoms with van der Waals surface area (Å²) in [6.45, 7) is 4.74. The molecule has 1 aliphatic rings. The molecule has 0 amide bonds. The lowest BCUT2D eigenvalue weighted by Gasteiger charge is -2.43. The Bertz CT molecular complexity index is 3180. The van der Waals surface area contributed by atoms with Crippen LogP contribution in [-0.2, 0) is 5.41 Å². The van der Waals surface area contributed by atoms with Crippen LogP contribution in [0.15, 0.2) is 231 Å². The fraction of sp³-hybridized carbons (Fsp3) is 0.0508. The monoisotopic (exact) mass is 780 g/mol. The molecule has 0 saturated heterocycles. The number of fused-ring (bicyclic) bond motifs is 4. The Balaban J connectivity index is 1.06. The fourth-order valence-electron chi connectivity index (χ4n) is 9.50. The fourth-order valence-corrected chi connectivity index (χ4v) is 9.50. The van der Waals surface area contributed by atoms with Gasteiger partial charge in [0.1, 0.15) is 0 Å². The van der Waals surface area contributed by atoms with Gasteiger partial charge in [-0.15, -0.1) is 0 Å². The van der Waals surface area contributed by atoms with Crippen LogP contribution in [0.2, 0.25) is 0 Å². The molecule has 290 valence electrons. The van der Waals surface area contributed by atoms with Gasteiger partial charge in [0, 0.05) is 33.4 Å². The second-order valence-corrected chi connectivity index (χ2v) is 16.6. The zero-order chi connectivity index (χ0) is 40.9. The van der Waals surface area contributed by atoms with E-state index in [0.29, 0.717) is 0 Å². The summed E-state index contributed by atoms with van der Waals surface area (Å²) in [6.07, 6.45) is 0. The number of nitrogens with zero attached hydrogens (tertiary/aromatic N) is 2. The summed E-state index contributed by atoms with van der Waals surface area (Å²) in [6, 6.07) is 84.2. The molecule has 61 heavy (non-hydrogen) atoms. The van der Waals surface area contributed by atoms with E-state index in [1.54, 1.807) is 0 Å². The van der Waals surface area contributed by atoms with Crippen LogP contribution in [0, 0.1) is 0 Å². The first-order valence-electron chi connectivity index (χ1n) is 21.2. The van der Waals surface area contributed by atoms with E-state index >= 15 is 0 Å². The molecular formula is C59H44N2. The average Bonchev–Trinajstić information content (AvgIpc) is 3.32. The molecule has 0 bridgehead atoms. The molecule has 0 fully saturated rings. The molecule has 0 aliphatic carbocycles. The standard InChI is InChI=1S/C59H44N2/c1-59(2)54-26-13-14-27-56(54)61(57-40-48(35-37-55(57)59)47-33-30-41-16-9-10-18-45(41)38-47)58-52-25-12-11-17-43(52)34-36-53(58)44-31-28-42(29-32-44)46-19-15-24-51(39-46)60(49-20-5-3-6-21-49)50-22-7-4-8-23-50/h3-40H,1-2H3. The maximum absolute atomic E-state index is 2.55. The van der Waals surface area contributed by atoms with Crippen molar-refractivity contribution in [3.05, 3.63) is 242 Å². The largest absolute Gasteiger partial charge is 0.310 e. The molecule has 0 atom stereocenters. The number of benzene rings is 10. The van der Waals surface area contributed by atoms with E-state index in [2.05, 4.69) is 254 Å². The Morgan fingerprint density at radius 3 is 1.66 bits per heavy atom. The lowest BCUT2D eigenvalue weighted by Crippen LogP contribution is -2.31. The van der Waals surface area contributed by atoms with Gasteiger partial charge in [-0.1, -0.05) is 190 Å². The SMILES string of the molecule is CC1(C)c2ccccc2N(c2c(-c3ccc(-c4cccc(N(c5ccccc5)c5ccccc5)c4)cc3)ccc3ccccc23)c2cc(-c3ccc4ccccc4c3)ccc21. The van der Waals surface area contributed by atoms with Crippen LogP contribution in [0.1, 0.15) is 25.0 Å². The number of para-hydroxylation sites is 3. The van der Waals surface area contributed by atoms with E-state index in [-0.39, 0.29) is 5.41 Å². The van der Waals surface area contributed by atoms with Crippen LogP contribution in [0.25, 0.3) is 54.9 Å². The van der Waals surface area contributed by atoms with Crippen LogP contribution < -0.4 is 9.80 Å². The first kappa shape index (κ1) is 36.4.